The first-order valence-electron chi connectivity index (χ1n) is 7.47. The second-order valence-electron chi connectivity index (χ2n) is 5.84. The normalized spacial score (nSPS) is 15.4. The van der Waals surface area contributed by atoms with Crippen LogP contribution in [0.15, 0.2) is 53.0 Å². The van der Waals surface area contributed by atoms with Gasteiger partial charge in [0.15, 0.2) is 0 Å². The minimum absolute atomic E-state index is 0.0260. The fourth-order valence-corrected chi connectivity index (χ4v) is 3.43. The van der Waals surface area contributed by atoms with Gasteiger partial charge in [0.25, 0.3) is 5.91 Å². The van der Waals surface area contributed by atoms with Crippen LogP contribution in [-0.2, 0) is 12.0 Å². The predicted molar refractivity (Wildman–Crippen MR) is 91.7 cm³/mol. The molecule has 0 heterocycles. The van der Waals surface area contributed by atoms with Crippen LogP contribution in [0.2, 0.25) is 0 Å². The van der Waals surface area contributed by atoms with Gasteiger partial charge >= 0.3 is 0 Å². The van der Waals surface area contributed by atoms with Gasteiger partial charge in [-0.2, -0.15) is 0 Å². The van der Waals surface area contributed by atoms with Crippen molar-refractivity contribution in [2.75, 3.05) is 6.54 Å². The second kappa shape index (κ2) is 6.23. The summed E-state index contributed by atoms with van der Waals surface area (Å²) in [5.41, 5.74) is 8.66. The predicted octanol–water partition coefficient (Wildman–Crippen LogP) is 3.37. The zero-order valence-corrected chi connectivity index (χ0v) is 13.9. The third kappa shape index (κ3) is 3.08. The summed E-state index contributed by atoms with van der Waals surface area (Å²) in [6.07, 6.45) is 2.23. The molecule has 114 valence electrons. The van der Waals surface area contributed by atoms with Crippen LogP contribution < -0.4 is 11.1 Å². The molecule has 1 aliphatic carbocycles. The Morgan fingerprint density at radius 2 is 1.82 bits per heavy atom. The van der Waals surface area contributed by atoms with Crippen LogP contribution in [0.5, 0.6) is 0 Å². The van der Waals surface area contributed by atoms with E-state index in [-0.39, 0.29) is 11.3 Å². The lowest BCUT2D eigenvalue weighted by Gasteiger charge is -2.18. The van der Waals surface area contributed by atoms with Crippen LogP contribution in [0.4, 0.5) is 0 Å². The van der Waals surface area contributed by atoms with Crippen molar-refractivity contribution in [1.29, 1.82) is 0 Å². The van der Waals surface area contributed by atoms with Crippen molar-refractivity contribution in [1.82, 2.24) is 5.32 Å². The summed E-state index contributed by atoms with van der Waals surface area (Å²) in [5, 5.41) is 3.07. The zero-order valence-electron chi connectivity index (χ0n) is 12.3. The van der Waals surface area contributed by atoms with Crippen molar-refractivity contribution in [2.45, 2.75) is 24.8 Å². The molecule has 1 fully saturated rings. The van der Waals surface area contributed by atoms with Gasteiger partial charge in [-0.05, 0) is 42.2 Å². The number of nitrogens with two attached hydrogens (primary N) is 1. The van der Waals surface area contributed by atoms with E-state index in [4.69, 9.17) is 5.73 Å². The number of nitrogens with one attached hydrogen (secondary N) is 1. The smallest absolute Gasteiger partial charge is 0.251 e. The molecule has 0 radical (unpaired) electrons. The number of hydrogen-bond donors (Lipinski definition) is 2. The van der Waals surface area contributed by atoms with Crippen molar-refractivity contribution in [3.05, 3.63) is 69.7 Å². The Morgan fingerprint density at radius 1 is 1.14 bits per heavy atom. The van der Waals surface area contributed by atoms with E-state index in [1.807, 2.05) is 36.4 Å². The van der Waals surface area contributed by atoms with Crippen molar-refractivity contribution < 1.29 is 4.79 Å². The van der Waals surface area contributed by atoms with E-state index in [9.17, 15) is 4.79 Å². The summed E-state index contributed by atoms with van der Waals surface area (Å²) >= 11 is 3.62. The van der Waals surface area contributed by atoms with Gasteiger partial charge in [0, 0.05) is 28.5 Å². The van der Waals surface area contributed by atoms with Gasteiger partial charge in [-0.1, -0.05) is 46.3 Å². The van der Waals surface area contributed by atoms with Crippen molar-refractivity contribution in [2.24, 2.45) is 5.73 Å². The van der Waals surface area contributed by atoms with Crippen LogP contribution in [-0.4, -0.2) is 12.5 Å². The molecule has 0 aromatic heterocycles. The average Bonchev–Trinajstić information content (AvgIpc) is 3.34. The van der Waals surface area contributed by atoms with Crippen molar-refractivity contribution in [3.63, 3.8) is 0 Å². The molecule has 0 unspecified atom stereocenters. The van der Waals surface area contributed by atoms with Gasteiger partial charge in [-0.3, -0.25) is 4.79 Å². The first kappa shape index (κ1) is 15.3. The number of halogens is 1. The molecule has 22 heavy (non-hydrogen) atoms. The fourth-order valence-electron chi connectivity index (χ4n) is 2.73. The summed E-state index contributed by atoms with van der Waals surface area (Å²) in [7, 11) is 0. The number of hydrogen-bond acceptors (Lipinski definition) is 2. The number of carbonyl (C=O) groups is 1. The van der Waals surface area contributed by atoms with Crippen LogP contribution in [0.1, 0.15) is 34.3 Å². The van der Waals surface area contributed by atoms with E-state index in [1.165, 1.54) is 5.56 Å². The van der Waals surface area contributed by atoms with E-state index < -0.39 is 0 Å². The third-order valence-corrected chi connectivity index (χ3v) is 5.03. The zero-order chi connectivity index (χ0) is 15.6. The number of rotatable bonds is 5. The highest BCUT2D eigenvalue weighted by atomic mass is 79.9. The first-order valence-corrected chi connectivity index (χ1v) is 8.26. The standard InChI is InChI=1S/C18H19BrN2O/c19-16-4-2-1-3-15(16)18(9-10-18)12-21-17(22)14-7-5-13(11-20)6-8-14/h1-8H,9-12,20H2,(H,21,22). The van der Waals surface area contributed by atoms with E-state index in [0.717, 1.165) is 22.9 Å². The van der Waals surface area contributed by atoms with Crippen molar-refractivity contribution in [3.8, 4) is 0 Å². The summed E-state index contributed by atoms with van der Waals surface area (Å²) in [5.74, 6) is -0.0260. The molecule has 0 aliphatic heterocycles. The van der Waals surface area contributed by atoms with Gasteiger partial charge in [-0.15, -0.1) is 0 Å². The highest BCUT2D eigenvalue weighted by Crippen LogP contribution is 2.49. The molecule has 3 nitrogen and oxygen atoms in total. The summed E-state index contributed by atoms with van der Waals surface area (Å²) in [4.78, 5) is 12.3. The van der Waals surface area contributed by atoms with Crippen LogP contribution in [0.25, 0.3) is 0 Å². The molecule has 3 N–H and O–H groups in total. The number of amides is 1. The van der Waals surface area contributed by atoms with E-state index in [0.29, 0.717) is 18.7 Å². The molecule has 0 spiro atoms. The Labute approximate surface area is 139 Å². The molecule has 0 atom stereocenters. The van der Waals surface area contributed by atoms with Crippen LogP contribution in [0.3, 0.4) is 0 Å². The Hall–Kier alpha value is -1.65. The minimum Gasteiger partial charge on any atom is -0.351 e. The van der Waals surface area contributed by atoms with Gasteiger partial charge in [0.05, 0.1) is 0 Å². The lowest BCUT2D eigenvalue weighted by atomic mass is 9.96. The molecule has 1 aliphatic rings. The SMILES string of the molecule is NCc1ccc(C(=O)NCC2(c3ccccc3Br)CC2)cc1. The molecule has 0 bridgehead atoms. The lowest BCUT2D eigenvalue weighted by molar-refractivity contribution is 0.0949. The third-order valence-electron chi connectivity index (χ3n) is 4.34. The Balaban J connectivity index is 1.67. The highest BCUT2D eigenvalue weighted by molar-refractivity contribution is 9.10. The van der Waals surface area contributed by atoms with Gasteiger partial charge in [0.1, 0.15) is 0 Å². The molecule has 0 saturated heterocycles. The average molecular weight is 359 g/mol. The molecule has 4 heteroatoms. The largest absolute Gasteiger partial charge is 0.351 e. The molecule has 1 saturated carbocycles. The maximum atomic E-state index is 12.3. The monoisotopic (exact) mass is 358 g/mol. The molecular weight excluding hydrogens is 340 g/mol. The summed E-state index contributed by atoms with van der Waals surface area (Å²) in [6, 6.07) is 15.7. The number of carbonyl (C=O) groups excluding carboxylic acids is 1. The minimum atomic E-state index is -0.0260. The van der Waals surface area contributed by atoms with E-state index in [1.54, 1.807) is 0 Å². The van der Waals surface area contributed by atoms with Crippen molar-refractivity contribution >= 4 is 21.8 Å². The second-order valence-corrected chi connectivity index (χ2v) is 6.70. The Kier molecular flexibility index (Phi) is 4.32. The van der Waals surface area contributed by atoms with Gasteiger partial charge < -0.3 is 11.1 Å². The topological polar surface area (TPSA) is 55.1 Å². The Morgan fingerprint density at radius 3 is 2.41 bits per heavy atom. The molecular formula is C18H19BrN2O. The summed E-state index contributed by atoms with van der Waals surface area (Å²) in [6.45, 7) is 1.17. The first-order chi connectivity index (χ1) is 10.6. The molecule has 3 rings (SSSR count). The maximum absolute atomic E-state index is 12.3. The molecule has 1 amide bonds. The van der Waals surface area contributed by atoms with Gasteiger partial charge in [-0.25, -0.2) is 0 Å². The maximum Gasteiger partial charge on any atom is 0.251 e. The number of benzene rings is 2. The van der Waals surface area contributed by atoms with Gasteiger partial charge in [0.2, 0.25) is 0 Å². The molecule has 2 aromatic carbocycles. The molecule has 2 aromatic rings. The Bertz CT molecular complexity index is 678. The van der Waals surface area contributed by atoms with Crippen LogP contribution in [0, 0.1) is 0 Å². The highest BCUT2D eigenvalue weighted by Gasteiger charge is 2.45. The fraction of sp³-hybridized carbons (Fsp3) is 0.278. The van der Waals surface area contributed by atoms with E-state index in [2.05, 4.69) is 33.4 Å². The van der Waals surface area contributed by atoms with Crippen LogP contribution >= 0.6 is 15.9 Å². The lowest BCUT2D eigenvalue weighted by Crippen LogP contribution is -2.32. The quantitative estimate of drug-likeness (QED) is 0.860. The summed E-state index contributed by atoms with van der Waals surface area (Å²) < 4.78 is 1.12. The van der Waals surface area contributed by atoms with E-state index >= 15 is 0 Å².